The standard InChI is InChI=1S/C20H36O3S2Si/c1-20(2,3)26(5,6)22-13-14-8-9-15-16(19-24-10-7-11-25-19)12-17(21-4)23-18(14)15/h8-9,14-19H,7,10-13H2,1-6H3/t14-,15+,16+,17?,18-/m1/s1. The summed E-state index contributed by atoms with van der Waals surface area (Å²) in [6.45, 7) is 12.4. The Morgan fingerprint density at radius 3 is 2.46 bits per heavy atom. The molecule has 3 aliphatic rings. The lowest BCUT2D eigenvalue weighted by atomic mass is 9.83. The number of fused-ring (bicyclic) bond motifs is 1. The monoisotopic (exact) mass is 416 g/mol. The Bertz CT molecular complexity index is 500. The molecule has 1 aliphatic carbocycles. The number of hydrogen-bond acceptors (Lipinski definition) is 5. The highest BCUT2D eigenvalue weighted by molar-refractivity contribution is 8.17. The summed E-state index contributed by atoms with van der Waals surface area (Å²) in [5.41, 5.74) is 0. The molecule has 0 bridgehead atoms. The summed E-state index contributed by atoms with van der Waals surface area (Å²) < 4.78 is 19.3. The predicted octanol–water partition coefficient (Wildman–Crippen LogP) is 5.38. The van der Waals surface area contributed by atoms with Crippen molar-refractivity contribution >= 4 is 31.8 Å². The van der Waals surface area contributed by atoms with E-state index in [1.165, 1.54) is 17.9 Å². The van der Waals surface area contributed by atoms with Gasteiger partial charge < -0.3 is 13.9 Å². The van der Waals surface area contributed by atoms with Crippen molar-refractivity contribution in [2.75, 3.05) is 25.2 Å². The van der Waals surface area contributed by atoms with E-state index in [0.717, 1.165) is 13.0 Å². The zero-order chi connectivity index (χ0) is 18.9. The van der Waals surface area contributed by atoms with Gasteiger partial charge in [0.05, 0.1) is 10.7 Å². The van der Waals surface area contributed by atoms with Gasteiger partial charge in [-0.05, 0) is 42.0 Å². The minimum absolute atomic E-state index is 0.0698. The first-order valence-electron chi connectivity index (χ1n) is 9.96. The summed E-state index contributed by atoms with van der Waals surface area (Å²) in [6.07, 6.45) is 7.30. The number of hydrogen-bond donors (Lipinski definition) is 0. The van der Waals surface area contributed by atoms with Crippen molar-refractivity contribution in [1.29, 1.82) is 0 Å². The van der Waals surface area contributed by atoms with Crippen LogP contribution in [-0.4, -0.2) is 50.5 Å². The van der Waals surface area contributed by atoms with Gasteiger partial charge in [0, 0.05) is 32.0 Å². The number of thioether (sulfide) groups is 2. The van der Waals surface area contributed by atoms with Crippen LogP contribution in [0.4, 0.5) is 0 Å². The molecule has 0 radical (unpaired) electrons. The van der Waals surface area contributed by atoms with Gasteiger partial charge in [0.1, 0.15) is 0 Å². The molecule has 0 aromatic rings. The summed E-state index contributed by atoms with van der Waals surface area (Å²) in [6, 6.07) is 0. The van der Waals surface area contributed by atoms with E-state index in [1.807, 2.05) is 0 Å². The average molecular weight is 417 g/mol. The SMILES string of the molecule is COC1C[C@H](C2SCCCS2)[C@@H]2C=C[C@H](CO[Si](C)(C)C(C)(C)C)[C@H]2O1. The van der Waals surface area contributed by atoms with E-state index in [-0.39, 0.29) is 17.4 Å². The van der Waals surface area contributed by atoms with Crippen LogP contribution in [0.5, 0.6) is 0 Å². The number of ether oxygens (including phenoxy) is 2. The van der Waals surface area contributed by atoms with Gasteiger partial charge in [0.2, 0.25) is 0 Å². The molecule has 2 heterocycles. The molecular formula is C20H36O3S2Si. The lowest BCUT2D eigenvalue weighted by Crippen LogP contribution is -2.47. The van der Waals surface area contributed by atoms with Crippen LogP contribution in [0.2, 0.25) is 18.1 Å². The van der Waals surface area contributed by atoms with Gasteiger partial charge in [-0.1, -0.05) is 32.9 Å². The molecule has 0 saturated carbocycles. The van der Waals surface area contributed by atoms with Gasteiger partial charge in [-0.15, -0.1) is 23.5 Å². The second-order valence-corrected chi connectivity index (χ2v) is 16.9. The zero-order valence-corrected chi connectivity index (χ0v) is 19.8. The number of methoxy groups -OCH3 is 1. The normalized spacial score (nSPS) is 36.3. The molecule has 5 atom stereocenters. The van der Waals surface area contributed by atoms with E-state index >= 15 is 0 Å². The molecular weight excluding hydrogens is 380 g/mol. The van der Waals surface area contributed by atoms with Crippen LogP contribution in [0.1, 0.15) is 33.6 Å². The third kappa shape index (κ3) is 4.57. The molecule has 2 saturated heterocycles. The van der Waals surface area contributed by atoms with E-state index in [0.29, 0.717) is 22.3 Å². The Labute approximate surface area is 169 Å². The smallest absolute Gasteiger partial charge is 0.192 e. The van der Waals surface area contributed by atoms with Crippen molar-refractivity contribution in [3.8, 4) is 0 Å². The van der Waals surface area contributed by atoms with Gasteiger partial charge in [-0.2, -0.15) is 0 Å². The van der Waals surface area contributed by atoms with Gasteiger partial charge in [-0.3, -0.25) is 0 Å². The first-order chi connectivity index (χ1) is 12.2. The van der Waals surface area contributed by atoms with Crippen LogP contribution < -0.4 is 0 Å². The highest BCUT2D eigenvalue weighted by Crippen LogP contribution is 2.49. The van der Waals surface area contributed by atoms with Crippen LogP contribution >= 0.6 is 23.5 Å². The maximum atomic E-state index is 6.53. The molecule has 0 aromatic carbocycles. The minimum Gasteiger partial charge on any atom is -0.416 e. The van der Waals surface area contributed by atoms with Gasteiger partial charge >= 0.3 is 0 Å². The molecule has 3 nitrogen and oxygen atoms in total. The Morgan fingerprint density at radius 2 is 1.85 bits per heavy atom. The lowest BCUT2D eigenvalue weighted by Gasteiger charge is -2.44. The fourth-order valence-corrected chi connectivity index (χ4v) is 8.19. The zero-order valence-electron chi connectivity index (χ0n) is 17.2. The largest absolute Gasteiger partial charge is 0.416 e. The van der Waals surface area contributed by atoms with Gasteiger partial charge in [0.15, 0.2) is 14.6 Å². The van der Waals surface area contributed by atoms with Crippen molar-refractivity contribution in [3.63, 3.8) is 0 Å². The predicted molar refractivity (Wildman–Crippen MR) is 116 cm³/mol. The molecule has 3 rings (SSSR count). The van der Waals surface area contributed by atoms with Crippen LogP contribution in [-0.2, 0) is 13.9 Å². The van der Waals surface area contributed by atoms with Crippen LogP contribution in [0.15, 0.2) is 12.2 Å². The van der Waals surface area contributed by atoms with E-state index < -0.39 is 8.32 Å². The van der Waals surface area contributed by atoms with Crippen LogP contribution in [0, 0.1) is 17.8 Å². The molecule has 6 heteroatoms. The quantitative estimate of drug-likeness (QED) is 0.443. The van der Waals surface area contributed by atoms with E-state index in [4.69, 9.17) is 13.9 Å². The molecule has 0 amide bonds. The van der Waals surface area contributed by atoms with E-state index in [1.54, 1.807) is 7.11 Å². The molecule has 26 heavy (non-hydrogen) atoms. The van der Waals surface area contributed by atoms with Crippen LogP contribution in [0.3, 0.4) is 0 Å². The maximum Gasteiger partial charge on any atom is 0.192 e. The molecule has 2 aliphatic heterocycles. The second-order valence-electron chi connectivity index (χ2n) is 9.33. The highest BCUT2D eigenvalue weighted by Gasteiger charge is 2.48. The van der Waals surface area contributed by atoms with Gasteiger partial charge in [0.25, 0.3) is 0 Å². The van der Waals surface area contributed by atoms with E-state index in [9.17, 15) is 0 Å². The highest BCUT2D eigenvalue weighted by atomic mass is 32.2. The number of rotatable bonds is 5. The summed E-state index contributed by atoms with van der Waals surface area (Å²) in [5.74, 6) is 4.10. The Morgan fingerprint density at radius 1 is 1.15 bits per heavy atom. The first-order valence-corrected chi connectivity index (χ1v) is 15.0. The Hall–Kier alpha value is 0.537. The van der Waals surface area contributed by atoms with Crippen molar-refractivity contribution in [1.82, 2.24) is 0 Å². The maximum absolute atomic E-state index is 6.53. The van der Waals surface area contributed by atoms with Crippen LogP contribution in [0.25, 0.3) is 0 Å². The summed E-state index contributed by atoms with van der Waals surface area (Å²) in [4.78, 5) is 0. The third-order valence-electron chi connectivity index (χ3n) is 6.56. The topological polar surface area (TPSA) is 27.7 Å². The summed E-state index contributed by atoms with van der Waals surface area (Å²) in [5, 5.41) is 0.245. The van der Waals surface area contributed by atoms with Crippen molar-refractivity contribution < 1.29 is 13.9 Å². The van der Waals surface area contributed by atoms with Crippen molar-refractivity contribution in [3.05, 3.63) is 12.2 Å². The average Bonchev–Trinajstić information content (AvgIpc) is 3.02. The second kappa shape index (κ2) is 8.50. The third-order valence-corrected chi connectivity index (χ3v) is 14.3. The lowest BCUT2D eigenvalue weighted by molar-refractivity contribution is -0.212. The van der Waals surface area contributed by atoms with E-state index in [2.05, 4.69) is 69.5 Å². The van der Waals surface area contributed by atoms with Crippen molar-refractivity contribution in [2.45, 2.75) is 68.7 Å². The molecule has 2 fully saturated rings. The fraction of sp³-hybridized carbons (Fsp3) is 0.900. The molecule has 0 aromatic heterocycles. The molecule has 0 N–H and O–H groups in total. The minimum atomic E-state index is -1.73. The fourth-order valence-electron chi connectivity index (χ4n) is 3.83. The Balaban J connectivity index is 1.67. The molecule has 150 valence electrons. The Kier molecular flexibility index (Phi) is 6.95. The van der Waals surface area contributed by atoms with Crippen molar-refractivity contribution in [2.24, 2.45) is 17.8 Å². The summed E-state index contributed by atoms with van der Waals surface area (Å²) >= 11 is 4.29. The summed E-state index contributed by atoms with van der Waals surface area (Å²) in [7, 11) is 0.0520. The molecule has 0 spiro atoms. The first kappa shape index (κ1) is 21.3. The van der Waals surface area contributed by atoms with Gasteiger partial charge in [-0.25, -0.2) is 0 Å². The molecule has 1 unspecified atom stereocenters.